The lowest BCUT2D eigenvalue weighted by Gasteiger charge is -2.34. The highest BCUT2D eigenvalue weighted by Crippen LogP contribution is 2.25. The summed E-state index contributed by atoms with van der Waals surface area (Å²) < 4.78 is 11.6. The highest BCUT2D eigenvalue weighted by Gasteiger charge is 2.24. The number of thiophene rings is 1. The van der Waals surface area contributed by atoms with Crippen molar-refractivity contribution in [2.75, 3.05) is 13.2 Å². The molecule has 3 heterocycles. The average molecular weight is 335 g/mol. The van der Waals surface area contributed by atoms with Gasteiger partial charge in [0, 0.05) is 12.6 Å². The Kier molecular flexibility index (Phi) is 5.80. The van der Waals surface area contributed by atoms with Crippen LogP contribution in [0.5, 0.6) is 0 Å². The van der Waals surface area contributed by atoms with Crippen LogP contribution in [-0.4, -0.2) is 40.4 Å². The third kappa shape index (κ3) is 4.62. The maximum absolute atomic E-state index is 5.84. The Morgan fingerprint density at radius 3 is 3.09 bits per heavy atom. The lowest BCUT2D eigenvalue weighted by Crippen LogP contribution is -2.39. The second-order valence-electron chi connectivity index (χ2n) is 6.31. The summed E-state index contributed by atoms with van der Waals surface area (Å²) in [5.41, 5.74) is 0. The number of aromatic nitrogens is 2. The molecular formula is C17H25N3O2S. The van der Waals surface area contributed by atoms with Crippen LogP contribution in [0, 0.1) is 0 Å². The van der Waals surface area contributed by atoms with Gasteiger partial charge in [-0.15, -0.1) is 21.5 Å². The van der Waals surface area contributed by atoms with Gasteiger partial charge in [-0.25, -0.2) is 0 Å². The highest BCUT2D eigenvalue weighted by atomic mass is 32.1. The molecule has 1 fully saturated rings. The van der Waals surface area contributed by atoms with Gasteiger partial charge in [-0.3, -0.25) is 4.90 Å². The molecule has 0 amide bonds. The predicted octanol–water partition coefficient (Wildman–Crippen LogP) is 3.97. The van der Waals surface area contributed by atoms with Crippen molar-refractivity contribution < 1.29 is 9.15 Å². The van der Waals surface area contributed by atoms with Crippen molar-refractivity contribution >= 4 is 11.3 Å². The molecule has 0 radical (unpaired) electrons. The van der Waals surface area contributed by atoms with Gasteiger partial charge in [-0.05, 0) is 51.1 Å². The SMILES string of the molecule is CC(C)OCCC1CCCCN1Cc1nnc(-c2cccs2)o1. The van der Waals surface area contributed by atoms with Crippen LogP contribution in [0.25, 0.3) is 10.8 Å². The predicted molar refractivity (Wildman–Crippen MR) is 91.4 cm³/mol. The first-order valence-corrected chi connectivity index (χ1v) is 9.32. The van der Waals surface area contributed by atoms with E-state index >= 15 is 0 Å². The molecule has 126 valence electrons. The van der Waals surface area contributed by atoms with E-state index in [1.54, 1.807) is 11.3 Å². The van der Waals surface area contributed by atoms with Gasteiger partial charge in [-0.1, -0.05) is 12.5 Å². The largest absolute Gasteiger partial charge is 0.419 e. The van der Waals surface area contributed by atoms with E-state index in [0.717, 1.165) is 31.0 Å². The first kappa shape index (κ1) is 16.6. The molecule has 1 saturated heterocycles. The topological polar surface area (TPSA) is 51.4 Å². The summed E-state index contributed by atoms with van der Waals surface area (Å²) in [6.45, 7) is 6.84. The molecule has 1 aliphatic rings. The van der Waals surface area contributed by atoms with Crippen molar-refractivity contribution in [2.24, 2.45) is 0 Å². The molecular weight excluding hydrogens is 310 g/mol. The molecule has 2 aromatic heterocycles. The van der Waals surface area contributed by atoms with E-state index in [4.69, 9.17) is 9.15 Å². The number of rotatable bonds is 7. The third-order valence-corrected chi connectivity index (χ3v) is 5.05. The van der Waals surface area contributed by atoms with Gasteiger partial charge in [0.1, 0.15) is 0 Å². The summed E-state index contributed by atoms with van der Waals surface area (Å²) in [5.74, 6) is 1.34. The van der Waals surface area contributed by atoms with Crippen molar-refractivity contribution in [1.82, 2.24) is 15.1 Å². The minimum Gasteiger partial charge on any atom is -0.419 e. The van der Waals surface area contributed by atoms with E-state index in [1.165, 1.54) is 19.3 Å². The third-order valence-electron chi connectivity index (χ3n) is 4.19. The van der Waals surface area contributed by atoms with Gasteiger partial charge in [0.2, 0.25) is 5.89 Å². The average Bonchev–Trinajstić information content (AvgIpc) is 3.19. The summed E-state index contributed by atoms with van der Waals surface area (Å²) in [4.78, 5) is 3.50. The first-order valence-electron chi connectivity index (χ1n) is 8.44. The zero-order valence-corrected chi connectivity index (χ0v) is 14.7. The second-order valence-corrected chi connectivity index (χ2v) is 7.25. The number of hydrogen-bond acceptors (Lipinski definition) is 6. The lowest BCUT2D eigenvalue weighted by molar-refractivity contribution is 0.0434. The van der Waals surface area contributed by atoms with Crippen LogP contribution in [0.1, 0.15) is 45.4 Å². The van der Waals surface area contributed by atoms with E-state index in [1.807, 2.05) is 17.5 Å². The molecule has 0 N–H and O–H groups in total. The van der Waals surface area contributed by atoms with Gasteiger partial charge in [-0.2, -0.15) is 0 Å². The minimum absolute atomic E-state index is 0.302. The van der Waals surface area contributed by atoms with Crippen LogP contribution in [0.15, 0.2) is 21.9 Å². The van der Waals surface area contributed by atoms with Crippen LogP contribution in [0.4, 0.5) is 0 Å². The lowest BCUT2D eigenvalue weighted by atomic mass is 10.00. The smallest absolute Gasteiger partial charge is 0.257 e. The standard InChI is InChI=1S/C17H25N3O2S/c1-13(2)21-10-8-14-6-3-4-9-20(14)12-16-18-19-17(22-16)15-7-5-11-23-15/h5,7,11,13-14H,3-4,6,8-10,12H2,1-2H3. The van der Waals surface area contributed by atoms with Crippen molar-refractivity contribution in [3.8, 4) is 10.8 Å². The monoisotopic (exact) mass is 335 g/mol. The zero-order chi connectivity index (χ0) is 16.1. The molecule has 1 aliphatic heterocycles. The number of ether oxygens (including phenoxy) is 1. The fraction of sp³-hybridized carbons (Fsp3) is 0.647. The number of nitrogens with zero attached hydrogens (tertiary/aromatic N) is 3. The van der Waals surface area contributed by atoms with Gasteiger partial charge in [0.05, 0.1) is 17.5 Å². The molecule has 0 bridgehead atoms. The second kappa shape index (κ2) is 8.04. The number of piperidine rings is 1. The normalized spacial score (nSPS) is 19.5. The van der Waals surface area contributed by atoms with Crippen molar-refractivity contribution in [2.45, 2.75) is 58.2 Å². The van der Waals surface area contributed by atoms with E-state index in [-0.39, 0.29) is 0 Å². The highest BCUT2D eigenvalue weighted by molar-refractivity contribution is 7.13. The minimum atomic E-state index is 0.302. The van der Waals surface area contributed by atoms with E-state index in [9.17, 15) is 0 Å². The molecule has 1 unspecified atom stereocenters. The quantitative estimate of drug-likeness (QED) is 0.766. The van der Waals surface area contributed by atoms with Crippen molar-refractivity contribution in [1.29, 1.82) is 0 Å². The molecule has 5 nitrogen and oxygen atoms in total. The molecule has 0 saturated carbocycles. The van der Waals surface area contributed by atoms with E-state index in [0.29, 0.717) is 23.9 Å². The number of hydrogen-bond donors (Lipinski definition) is 0. The van der Waals surface area contributed by atoms with Crippen LogP contribution in [-0.2, 0) is 11.3 Å². The Morgan fingerprint density at radius 2 is 2.30 bits per heavy atom. The van der Waals surface area contributed by atoms with Gasteiger partial charge in [0.25, 0.3) is 5.89 Å². The molecule has 0 aliphatic carbocycles. The Labute approximate surface area is 141 Å². The summed E-state index contributed by atoms with van der Waals surface area (Å²) in [6.07, 6.45) is 5.15. The van der Waals surface area contributed by atoms with E-state index < -0.39 is 0 Å². The van der Waals surface area contributed by atoms with E-state index in [2.05, 4.69) is 28.9 Å². The number of likely N-dealkylation sites (tertiary alicyclic amines) is 1. The Balaban J connectivity index is 1.58. The fourth-order valence-electron chi connectivity index (χ4n) is 3.03. The zero-order valence-electron chi connectivity index (χ0n) is 13.9. The summed E-state index contributed by atoms with van der Waals surface area (Å²) in [5, 5.41) is 10.4. The van der Waals surface area contributed by atoms with Crippen molar-refractivity contribution in [3.05, 3.63) is 23.4 Å². The molecule has 3 rings (SSSR count). The van der Waals surface area contributed by atoms with Crippen LogP contribution < -0.4 is 0 Å². The van der Waals surface area contributed by atoms with Gasteiger partial charge in [0.15, 0.2) is 0 Å². The van der Waals surface area contributed by atoms with Gasteiger partial charge < -0.3 is 9.15 Å². The van der Waals surface area contributed by atoms with Crippen molar-refractivity contribution in [3.63, 3.8) is 0 Å². The maximum Gasteiger partial charge on any atom is 0.257 e. The van der Waals surface area contributed by atoms with Crippen LogP contribution >= 0.6 is 11.3 Å². The maximum atomic E-state index is 5.84. The molecule has 0 aromatic carbocycles. The summed E-state index contributed by atoms with van der Waals surface area (Å²) in [6, 6.07) is 4.56. The molecule has 23 heavy (non-hydrogen) atoms. The molecule has 0 spiro atoms. The Bertz CT molecular complexity index is 582. The molecule has 6 heteroatoms. The summed E-state index contributed by atoms with van der Waals surface area (Å²) >= 11 is 1.62. The van der Waals surface area contributed by atoms with Gasteiger partial charge >= 0.3 is 0 Å². The molecule has 2 aromatic rings. The first-order chi connectivity index (χ1) is 11.2. The fourth-order valence-corrected chi connectivity index (χ4v) is 3.67. The molecule has 1 atom stereocenters. The Morgan fingerprint density at radius 1 is 1.39 bits per heavy atom. The van der Waals surface area contributed by atoms with Crippen LogP contribution in [0.2, 0.25) is 0 Å². The summed E-state index contributed by atoms with van der Waals surface area (Å²) in [7, 11) is 0. The Hall–Kier alpha value is -1.24. The van der Waals surface area contributed by atoms with Crippen LogP contribution in [0.3, 0.4) is 0 Å².